The van der Waals surface area contributed by atoms with Gasteiger partial charge in [0.1, 0.15) is 5.75 Å². The molecule has 1 saturated heterocycles. The van der Waals surface area contributed by atoms with Crippen molar-refractivity contribution in [2.45, 2.75) is 26.3 Å². The van der Waals surface area contributed by atoms with E-state index >= 15 is 0 Å². The highest BCUT2D eigenvalue weighted by molar-refractivity contribution is 9.10. The molecule has 98 valence electrons. The summed E-state index contributed by atoms with van der Waals surface area (Å²) in [5.74, 6) is -0.902. The van der Waals surface area contributed by atoms with Gasteiger partial charge in [-0.1, -0.05) is 15.9 Å². The Morgan fingerprint density at radius 3 is 2.72 bits per heavy atom. The standard InChI is InChI=1S/C13H16BrNO3/c1-6-3-9(14)7(2)11(12(6)16)10-4-8(5-15-10)13(17)18/h3,8,10,15-16H,4-5H2,1-2H3,(H,17,18). The summed E-state index contributed by atoms with van der Waals surface area (Å²) in [6.07, 6.45) is 0.514. The molecule has 0 aliphatic carbocycles. The number of aryl methyl sites for hydroxylation is 1. The predicted molar refractivity (Wildman–Crippen MR) is 71.8 cm³/mol. The fourth-order valence-electron chi connectivity index (χ4n) is 2.46. The lowest BCUT2D eigenvalue weighted by Crippen LogP contribution is -2.17. The third kappa shape index (κ3) is 2.24. The normalized spacial score (nSPS) is 23.3. The quantitative estimate of drug-likeness (QED) is 0.784. The Balaban J connectivity index is 2.38. The number of phenols is 1. The monoisotopic (exact) mass is 313 g/mol. The first kappa shape index (κ1) is 13.4. The third-order valence-electron chi connectivity index (χ3n) is 3.56. The highest BCUT2D eigenvalue weighted by atomic mass is 79.9. The predicted octanol–water partition coefficient (Wildman–Crippen LogP) is 2.51. The van der Waals surface area contributed by atoms with E-state index in [1.54, 1.807) is 0 Å². The van der Waals surface area contributed by atoms with Crippen molar-refractivity contribution in [1.29, 1.82) is 0 Å². The van der Waals surface area contributed by atoms with Gasteiger partial charge in [-0.15, -0.1) is 0 Å². The fourth-order valence-corrected chi connectivity index (χ4v) is 3.01. The number of rotatable bonds is 2. The molecule has 2 unspecified atom stereocenters. The van der Waals surface area contributed by atoms with Crippen molar-refractivity contribution in [3.63, 3.8) is 0 Å². The number of aliphatic carboxylic acids is 1. The Kier molecular flexibility index (Phi) is 3.64. The molecule has 0 saturated carbocycles. The van der Waals surface area contributed by atoms with Gasteiger partial charge in [0.05, 0.1) is 5.92 Å². The summed E-state index contributed by atoms with van der Waals surface area (Å²) in [5, 5.41) is 22.4. The van der Waals surface area contributed by atoms with E-state index in [0.29, 0.717) is 13.0 Å². The molecule has 3 N–H and O–H groups in total. The molecule has 0 radical (unpaired) electrons. The van der Waals surface area contributed by atoms with Gasteiger partial charge in [0.15, 0.2) is 0 Å². The Hall–Kier alpha value is -1.07. The second-order valence-corrected chi connectivity index (χ2v) is 5.65. The number of carboxylic acids is 1. The Bertz CT molecular complexity index is 475. The topological polar surface area (TPSA) is 69.6 Å². The van der Waals surface area contributed by atoms with Gasteiger partial charge in [0.25, 0.3) is 0 Å². The van der Waals surface area contributed by atoms with Crippen LogP contribution in [0.1, 0.15) is 29.2 Å². The number of hydrogen-bond acceptors (Lipinski definition) is 3. The van der Waals surface area contributed by atoms with Crippen LogP contribution in [0.5, 0.6) is 5.75 Å². The molecule has 1 fully saturated rings. The van der Waals surface area contributed by atoms with Gasteiger partial charge in [-0.2, -0.15) is 0 Å². The molecule has 0 spiro atoms. The van der Waals surface area contributed by atoms with E-state index in [1.165, 1.54) is 0 Å². The molecule has 18 heavy (non-hydrogen) atoms. The van der Waals surface area contributed by atoms with Gasteiger partial charge in [-0.25, -0.2) is 0 Å². The van der Waals surface area contributed by atoms with Crippen molar-refractivity contribution in [2.75, 3.05) is 6.54 Å². The summed E-state index contributed by atoms with van der Waals surface area (Å²) in [4.78, 5) is 11.0. The molecule has 1 aromatic carbocycles. The zero-order valence-corrected chi connectivity index (χ0v) is 11.9. The van der Waals surface area contributed by atoms with Crippen LogP contribution in [0, 0.1) is 19.8 Å². The second-order valence-electron chi connectivity index (χ2n) is 4.79. The van der Waals surface area contributed by atoms with Gasteiger partial charge >= 0.3 is 5.97 Å². The minimum absolute atomic E-state index is 0.0951. The molecule has 2 atom stereocenters. The van der Waals surface area contributed by atoms with Crippen LogP contribution in [-0.4, -0.2) is 22.7 Å². The van der Waals surface area contributed by atoms with E-state index in [-0.39, 0.29) is 17.7 Å². The van der Waals surface area contributed by atoms with Crippen LogP contribution in [0.15, 0.2) is 10.5 Å². The highest BCUT2D eigenvalue weighted by Crippen LogP contribution is 2.39. The van der Waals surface area contributed by atoms with Gasteiger partial charge < -0.3 is 15.5 Å². The van der Waals surface area contributed by atoms with Crippen LogP contribution < -0.4 is 5.32 Å². The van der Waals surface area contributed by atoms with Gasteiger partial charge in [0.2, 0.25) is 0 Å². The van der Waals surface area contributed by atoms with Crippen LogP contribution in [-0.2, 0) is 4.79 Å². The summed E-state index contributed by atoms with van der Waals surface area (Å²) in [6.45, 7) is 4.21. The summed E-state index contributed by atoms with van der Waals surface area (Å²) in [7, 11) is 0. The summed E-state index contributed by atoms with van der Waals surface area (Å²) < 4.78 is 0.938. The van der Waals surface area contributed by atoms with Crippen LogP contribution >= 0.6 is 15.9 Å². The molecular formula is C13H16BrNO3. The highest BCUT2D eigenvalue weighted by Gasteiger charge is 2.33. The zero-order chi connectivity index (χ0) is 13.4. The van der Waals surface area contributed by atoms with E-state index in [1.807, 2.05) is 19.9 Å². The van der Waals surface area contributed by atoms with Crippen molar-refractivity contribution in [3.05, 3.63) is 27.2 Å². The molecule has 4 nitrogen and oxygen atoms in total. The molecule has 5 heteroatoms. The Morgan fingerprint density at radius 2 is 2.17 bits per heavy atom. The lowest BCUT2D eigenvalue weighted by molar-refractivity contribution is -0.141. The van der Waals surface area contributed by atoms with Gasteiger partial charge in [-0.05, 0) is 37.5 Å². The molecule has 1 aromatic rings. The maximum atomic E-state index is 11.0. The fraction of sp³-hybridized carbons (Fsp3) is 0.462. The molecule has 1 aliphatic heterocycles. The Morgan fingerprint density at radius 1 is 1.50 bits per heavy atom. The molecule has 2 rings (SSSR count). The smallest absolute Gasteiger partial charge is 0.307 e. The van der Waals surface area contributed by atoms with Crippen LogP contribution in [0.4, 0.5) is 0 Å². The van der Waals surface area contributed by atoms with E-state index in [2.05, 4.69) is 21.2 Å². The lowest BCUT2D eigenvalue weighted by Gasteiger charge is -2.18. The molecule has 0 bridgehead atoms. The average Bonchev–Trinajstić information content (AvgIpc) is 2.76. The van der Waals surface area contributed by atoms with Crippen LogP contribution in [0.25, 0.3) is 0 Å². The van der Waals surface area contributed by atoms with Crippen LogP contribution in [0.2, 0.25) is 0 Å². The molecule has 0 amide bonds. The minimum Gasteiger partial charge on any atom is -0.507 e. The van der Waals surface area contributed by atoms with Crippen molar-refractivity contribution in [1.82, 2.24) is 5.32 Å². The van der Waals surface area contributed by atoms with Crippen molar-refractivity contribution < 1.29 is 15.0 Å². The van der Waals surface area contributed by atoms with Crippen LogP contribution in [0.3, 0.4) is 0 Å². The SMILES string of the molecule is Cc1cc(Br)c(C)c(C2CC(C(=O)O)CN2)c1O. The van der Waals surface area contributed by atoms with Crippen molar-refractivity contribution in [3.8, 4) is 5.75 Å². The molecule has 1 heterocycles. The van der Waals surface area contributed by atoms with Crippen molar-refractivity contribution >= 4 is 21.9 Å². The lowest BCUT2D eigenvalue weighted by atomic mass is 9.94. The van der Waals surface area contributed by atoms with Gasteiger partial charge in [-0.3, -0.25) is 4.79 Å². The number of hydrogen-bond donors (Lipinski definition) is 3. The third-order valence-corrected chi connectivity index (χ3v) is 4.39. The van der Waals surface area contributed by atoms with E-state index in [0.717, 1.165) is 21.2 Å². The first-order valence-electron chi connectivity index (χ1n) is 5.86. The van der Waals surface area contributed by atoms with Gasteiger partial charge in [0, 0.05) is 22.6 Å². The number of carboxylic acid groups (broad SMARTS) is 1. The number of nitrogens with one attached hydrogen (secondary N) is 1. The number of halogens is 1. The maximum absolute atomic E-state index is 11.0. The summed E-state index contributed by atoms with van der Waals surface area (Å²) in [6, 6.07) is 1.78. The van der Waals surface area contributed by atoms with E-state index in [9.17, 15) is 9.90 Å². The molecule has 0 aromatic heterocycles. The number of carbonyl (C=O) groups is 1. The summed E-state index contributed by atoms with van der Waals surface area (Å²) in [5.41, 5.74) is 2.57. The molecule has 1 aliphatic rings. The largest absolute Gasteiger partial charge is 0.507 e. The van der Waals surface area contributed by atoms with E-state index in [4.69, 9.17) is 5.11 Å². The average molecular weight is 314 g/mol. The maximum Gasteiger partial charge on any atom is 0.307 e. The second kappa shape index (κ2) is 4.90. The first-order chi connectivity index (χ1) is 8.41. The number of aromatic hydroxyl groups is 1. The van der Waals surface area contributed by atoms with E-state index < -0.39 is 5.97 Å². The number of phenolic OH excluding ortho intramolecular Hbond substituents is 1. The van der Waals surface area contributed by atoms with Crippen molar-refractivity contribution in [2.24, 2.45) is 5.92 Å². The Labute approximate surface area is 114 Å². The molecular weight excluding hydrogens is 298 g/mol. The first-order valence-corrected chi connectivity index (χ1v) is 6.65. The zero-order valence-electron chi connectivity index (χ0n) is 10.3. The minimum atomic E-state index is -0.783. The summed E-state index contributed by atoms with van der Waals surface area (Å²) >= 11 is 3.47. The number of benzene rings is 1.